The minimum Gasteiger partial charge on any atom is -0.493 e. The molecule has 72 valence electrons. The van der Waals surface area contributed by atoms with Gasteiger partial charge < -0.3 is 4.74 Å². The molecule has 0 saturated heterocycles. The fourth-order valence-electron chi connectivity index (χ4n) is 1.28. The van der Waals surface area contributed by atoms with Gasteiger partial charge in [-0.3, -0.25) is 5.10 Å². The summed E-state index contributed by atoms with van der Waals surface area (Å²) in [6, 6.07) is 7.75. The van der Waals surface area contributed by atoms with Crippen molar-refractivity contribution in [2.75, 3.05) is 6.61 Å². The van der Waals surface area contributed by atoms with Crippen LogP contribution in [-0.2, 0) is 0 Å². The van der Waals surface area contributed by atoms with E-state index in [0.717, 1.165) is 17.1 Å². The SMILES string of the molecule is CCOc1ccccc1-c1ncn[nH]1. The number of hydrogen-bond donors (Lipinski definition) is 1. The van der Waals surface area contributed by atoms with Crippen molar-refractivity contribution >= 4 is 0 Å². The van der Waals surface area contributed by atoms with E-state index < -0.39 is 0 Å². The lowest BCUT2D eigenvalue weighted by molar-refractivity contribution is 0.341. The van der Waals surface area contributed by atoms with Gasteiger partial charge in [-0.1, -0.05) is 12.1 Å². The highest BCUT2D eigenvalue weighted by Gasteiger charge is 2.06. The quantitative estimate of drug-likeness (QED) is 0.801. The maximum atomic E-state index is 5.47. The fraction of sp³-hybridized carbons (Fsp3) is 0.200. The molecule has 0 spiro atoms. The number of H-pyrrole nitrogens is 1. The summed E-state index contributed by atoms with van der Waals surface area (Å²) in [7, 11) is 0. The minimum atomic E-state index is 0.644. The summed E-state index contributed by atoms with van der Waals surface area (Å²) in [5, 5.41) is 6.62. The highest BCUT2D eigenvalue weighted by atomic mass is 16.5. The Bertz CT molecular complexity index is 398. The van der Waals surface area contributed by atoms with E-state index in [1.807, 2.05) is 31.2 Å². The van der Waals surface area contributed by atoms with Crippen molar-refractivity contribution in [3.63, 3.8) is 0 Å². The highest BCUT2D eigenvalue weighted by molar-refractivity contribution is 5.63. The Morgan fingerprint density at radius 2 is 2.21 bits per heavy atom. The highest BCUT2D eigenvalue weighted by Crippen LogP contribution is 2.26. The molecule has 0 radical (unpaired) electrons. The van der Waals surface area contributed by atoms with Crippen molar-refractivity contribution in [1.29, 1.82) is 0 Å². The summed E-state index contributed by atoms with van der Waals surface area (Å²) in [5.41, 5.74) is 0.937. The molecule has 2 aromatic rings. The lowest BCUT2D eigenvalue weighted by Gasteiger charge is -2.06. The molecule has 0 fully saturated rings. The first-order chi connectivity index (χ1) is 6.92. The van der Waals surface area contributed by atoms with Crippen molar-refractivity contribution in [2.45, 2.75) is 6.92 Å². The average molecular weight is 189 g/mol. The molecular weight excluding hydrogens is 178 g/mol. The topological polar surface area (TPSA) is 50.8 Å². The van der Waals surface area contributed by atoms with E-state index >= 15 is 0 Å². The Balaban J connectivity index is 2.42. The smallest absolute Gasteiger partial charge is 0.159 e. The minimum absolute atomic E-state index is 0.644. The van der Waals surface area contributed by atoms with Crippen molar-refractivity contribution < 1.29 is 4.74 Å². The van der Waals surface area contributed by atoms with Crippen LogP contribution in [0.15, 0.2) is 30.6 Å². The Morgan fingerprint density at radius 3 is 2.93 bits per heavy atom. The third kappa shape index (κ3) is 1.59. The van der Waals surface area contributed by atoms with E-state index in [1.165, 1.54) is 6.33 Å². The van der Waals surface area contributed by atoms with Crippen LogP contribution in [0, 0.1) is 0 Å². The zero-order valence-electron chi connectivity index (χ0n) is 7.90. The maximum Gasteiger partial charge on any atom is 0.159 e. The predicted octanol–water partition coefficient (Wildman–Crippen LogP) is 1.87. The number of benzene rings is 1. The number of rotatable bonds is 3. The monoisotopic (exact) mass is 189 g/mol. The molecule has 2 rings (SSSR count). The summed E-state index contributed by atoms with van der Waals surface area (Å²) in [4.78, 5) is 4.08. The first kappa shape index (κ1) is 8.74. The summed E-state index contributed by atoms with van der Waals surface area (Å²) >= 11 is 0. The third-order valence-corrected chi connectivity index (χ3v) is 1.86. The Kier molecular flexibility index (Phi) is 2.44. The van der Waals surface area contributed by atoms with Crippen molar-refractivity contribution in [2.24, 2.45) is 0 Å². The van der Waals surface area contributed by atoms with Crippen LogP contribution in [0.5, 0.6) is 5.75 Å². The van der Waals surface area contributed by atoms with Crippen LogP contribution < -0.4 is 4.74 Å². The first-order valence-corrected chi connectivity index (χ1v) is 4.49. The number of ether oxygens (including phenoxy) is 1. The van der Waals surface area contributed by atoms with Crippen LogP contribution in [0.25, 0.3) is 11.4 Å². The van der Waals surface area contributed by atoms with Gasteiger partial charge in [-0.05, 0) is 19.1 Å². The molecule has 0 amide bonds. The molecule has 14 heavy (non-hydrogen) atoms. The number of aromatic amines is 1. The van der Waals surface area contributed by atoms with Crippen LogP contribution >= 0.6 is 0 Å². The standard InChI is InChI=1S/C10H11N3O/c1-2-14-9-6-4-3-5-8(9)10-11-7-12-13-10/h3-7H,2H2,1H3,(H,11,12,13). The van der Waals surface area contributed by atoms with Gasteiger partial charge in [0.05, 0.1) is 12.2 Å². The molecule has 1 heterocycles. The van der Waals surface area contributed by atoms with Gasteiger partial charge in [0.2, 0.25) is 0 Å². The molecule has 1 aromatic carbocycles. The number of nitrogens with zero attached hydrogens (tertiary/aromatic N) is 2. The molecule has 0 aliphatic heterocycles. The normalized spacial score (nSPS) is 10.1. The van der Waals surface area contributed by atoms with Gasteiger partial charge in [-0.25, -0.2) is 4.98 Å². The van der Waals surface area contributed by atoms with E-state index in [4.69, 9.17) is 4.74 Å². The van der Waals surface area contributed by atoms with Gasteiger partial charge in [0.25, 0.3) is 0 Å². The molecule has 0 bridgehead atoms. The van der Waals surface area contributed by atoms with Crippen LogP contribution in [0.2, 0.25) is 0 Å². The largest absolute Gasteiger partial charge is 0.493 e. The summed E-state index contributed by atoms with van der Waals surface area (Å²) in [6.07, 6.45) is 1.48. The Hall–Kier alpha value is -1.84. The lowest BCUT2D eigenvalue weighted by Crippen LogP contribution is -1.94. The number of para-hydroxylation sites is 1. The predicted molar refractivity (Wildman–Crippen MR) is 53.0 cm³/mol. The van der Waals surface area contributed by atoms with E-state index in [9.17, 15) is 0 Å². The molecule has 0 saturated carbocycles. The molecule has 0 aliphatic rings. The van der Waals surface area contributed by atoms with Gasteiger partial charge in [0.15, 0.2) is 5.82 Å². The zero-order valence-corrected chi connectivity index (χ0v) is 7.90. The summed E-state index contributed by atoms with van der Waals surface area (Å²) in [5.74, 6) is 1.56. The van der Waals surface area contributed by atoms with E-state index in [-0.39, 0.29) is 0 Å². The van der Waals surface area contributed by atoms with Gasteiger partial charge in [-0.15, -0.1) is 0 Å². The number of hydrogen-bond acceptors (Lipinski definition) is 3. The van der Waals surface area contributed by atoms with Crippen LogP contribution in [-0.4, -0.2) is 21.8 Å². The van der Waals surface area contributed by atoms with Crippen molar-refractivity contribution in [3.8, 4) is 17.1 Å². The van der Waals surface area contributed by atoms with Gasteiger partial charge in [0, 0.05) is 0 Å². The Labute approximate surface area is 81.9 Å². The van der Waals surface area contributed by atoms with E-state index in [2.05, 4.69) is 15.2 Å². The zero-order chi connectivity index (χ0) is 9.80. The van der Waals surface area contributed by atoms with Crippen LogP contribution in [0.3, 0.4) is 0 Å². The van der Waals surface area contributed by atoms with Gasteiger partial charge in [0.1, 0.15) is 12.1 Å². The second kappa shape index (κ2) is 3.91. The fourth-order valence-corrected chi connectivity index (χ4v) is 1.28. The molecule has 1 N–H and O–H groups in total. The molecular formula is C10H11N3O. The van der Waals surface area contributed by atoms with Gasteiger partial charge in [-0.2, -0.15) is 5.10 Å². The lowest BCUT2D eigenvalue weighted by atomic mass is 10.2. The molecule has 4 heteroatoms. The van der Waals surface area contributed by atoms with Crippen molar-refractivity contribution in [3.05, 3.63) is 30.6 Å². The second-order valence-corrected chi connectivity index (χ2v) is 2.76. The van der Waals surface area contributed by atoms with E-state index in [1.54, 1.807) is 0 Å². The average Bonchev–Trinajstić information content (AvgIpc) is 2.72. The molecule has 0 unspecified atom stereocenters. The second-order valence-electron chi connectivity index (χ2n) is 2.76. The number of nitrogens with one attached hydrogen (secondary N) is 1. The third-order valence-electron chi connectivity index (χ3n) is 1.86. The van der Waals surface area contributed by atoms with Crippen molar-refractivity contribution in [1.82, 2.24) is 15.2 Å². The van der Waals surface area contributed by atoms with Gasteiger partial charge >= 0.3 is 0 Å². The maximum absolute atomic E-state index is 5.47. The van der Waals surface area contributed by atoms with Crippen LogP contribution in [0.4, 0.5) is 0 Å². The Morgan fingerprint density at radius 1 is 1.36 bits per heavy atom. The van der Waals surface area contributed by atoms with Crippen LogP contribution in [0.1, 0.15) is 6.92 Å². The first-order valence-electron chi connectivity index (χ1n) is 4.49. The molecule has 1 aromatic heterocycles. The molecule has 0 aliphatic carbocycles. The number of aromatic nitrogens is 3. The van der Waals surface area contributed by atoms with E-state index in [0.29, 0.717) is 6.61 Å². The summed E-state index contributed by atoms with van der Waals surface area (Å²) < 4.78 is 5.47. The molecule has 0 atom stereocenters. The summed E-state index contributed by atoms with van der Waals surface area (Å²) in [6.45, 7) is 2.60. The molecule has 4 nitrogen and oxygen atoms in total.